The summed E-state index contributed by atoms with van der Waals surface area (Å²) in [7, 11) is 1.79. The van der Waals surface area contributed by atoms with Gasteiger partial charge in [-0.3, -0.25) is 4.99 Å². The van der Waals surface area contributed by atoms with Crippen molar-refractivity contribution in [1.82, 2.24) is 15.5 Å². The number of hydrogen-bond donors (Lipinski definition) is 2. The Morgan fingerprint density at radius 1 is 1.26 bits per heavy atom. The Kier molecular flexibility index (Phi) is 7.51. The molecule has 1 heterocycles. The Morgan fingerprint density at radius 2 is 1.89 bits per heavy atom. The lowest BCUT2D eigenvalue weighted by Crippen LogP contribution is -2.45. The lowest BCUT2D eigenvalue weighted by atomic mass is 9.97. The van der Waals surface area contributed by atoms with Crippen molar-refractivity contribution in [3.63, 3.8) is 0 Å². The summed E-state index contributed by atoms with van der Waals surface area (Å²) >= 11 is 0. The van der Waals surface area contributed by atoms with Crippen molar-refractivity contribution in [2.45, 2.75) is 52.2 Å². The molecular formula is C21H34N4O2. The normalized spacial score (nSPS) is 17.4. The van der Waals surface area contributed by atoms with Crippen molar-refractivity contribution in [1.29, 1.82) is 0 Å². The fourth-order valence-corrected chi connectivity index (χ4v) is 3.11. The molecule has 6 heteroatoms. The molecule has 1 unspecified atom stereocenters. The lowest BCUT2D eigenvalue weighted by molar-refractivity contribution is 0.0185. The largest absolute Gasteiger partial charge is 0.444 e. The van der Waals surface area contributed by atoms with Crippen LogP contribution >= 0.6 is 0 Å². The van der Waals surface area contributed by atoms with Crippen LogP contribution in [0.25, 0.3) is 0 Å². The minimum absolute atomic E-state index is 0.186. The van der Waals surface area contributed by atoms with Gasteiger partial charge in [-0.15, -0.1) is 0 Å². The Hall–Kier alpha value is -2.24. The van der Waals surface area contributed by atoms with Gasteiger partial charge in [-0.2, -0.15) is 0 Å². The summed E-state index contributed by atoms with van der Waals surface area (Å²) in [6.07, 6.45) is 1.73. The molecule has 2 N–H and O–H groups in total. The van der Waals surface area contributed by atoms with Crippen LogP contribution in [0.4, 0.5) is 4.79 Å². The third-order valence-corrected chi connectivity index (χ3v) is 4.70. The zero-order chi connectivity index (χ0) is 19.9. The number of benzene rings is 1. The molecule has 2 rings (SSSR count). The summed E-state index contributed by atoms with van der Waals surface area (Å²) < 4.78 is 5.46. The second-order valence-corrected chi connectivity index (χ2v) is 8.14. The van der Waals surface area contributed by atoms with E-state index >= 15 is 0 Å². The molecular weight excluding hydrogens is 340 g/mol. The summed E-state index contributed by atoms with van der Waals surface area (Å²) in [6, 6.07) is 10.5. The van der Waals surface area contributed by atoms with E-state index in [1.807, 2.05) is 43.9 Å². The number of ether oxygens (including phenoxy) is 1. The number of aliphatic imine (C=N–C) groups is 1. The van der Waals surface area contributed by atoms with E-state index in [1.54, 1.807) is 7.05 Å². The minimum Gasteiger partial charge on any atom is -0.444 e. The molecule has 0 spiro atoms. The SMILES string of the molecule is CN=C(NCC1CCN(C(=O)OC(C)(C)C)CC1)NC(C)c1ccccc1. The number of nitrogens with one attached hydrogen (secondary N) is 2. The molecule has 0 saturated carbocycles. The number of rotatable bonds is 4. The number of guanidine groups is 1. The second-order valence-electron chi connectivity index (χ2n) is 8.14. The highest BCUT2D eigenvalue weighted by atomic mass is 16.6. The maximum Gasteiger partial charge on any atom is 0.410 e. The predicted octanol–water partition coefficient (Wildman–Crippen LogP) is 3.56. The van der Waals surface area contributed by atoms with Crippen LogP contribution in [-0.2, 0) is 4.74 Å². The van der Waals surface area contributed by atoms with Gasteiger partial charge in [0.25, 0.3) is 0 Å². The van der Waals surface area contributed by atoms with Crippen LogP contribution in [-0.4, -0.2) is 49.2 Å². The maximum atomic E-state index is 12.1. The molecule has 150 valence electrons. The zero-order valence-electron chi connectivity index (χ0n) is 17.3. The Bertz CT molecular complexity index is 617. The molecule has 0 aromatic heterocycles. The van der Waals surface area contributed by atoms with Crippen LogP contribution in [0, 0.1) is 5.92 Å². The zero-order valence-corrected chi connectivity index (χ0v) is 17.3. The Balaban J connectivity index is 1.74. The molecule has 6 nitrogen and oxygen atoms in total. The Labute approximate surface area is 163 Å². The molecule has 27 heavy (non-hydrogen) atoms. The van der Waals surface area contributed by atoms with Gasteiger partial charge in [0.05, 0.1) is 6.04 Å². The summed E-state index contributed by atoms with van der Waals surface area (Å²) in [5.41, 5.74) is 0.787. The highest BCUT2D eigenvalue weighted by Crippen LogP contribution is 2.19. The van der Waals surface area contributed by atoms with E-state index in [4.69, 9.17) is 4.74 Å². The molecule has 1 aliphatic rings. The molecule has 1 aliphatic heterocycles. The van der Waals surface area contributed by atoms with Crippen LogP contribution in [0.15, 0.2) is 35.3 Å². The van der Waals surface area contributed by atoms with E-state index in [1.165, 1.54) is 5.56 Å². The minimum atomic E-state index is -0.441. The number of piperidine rings is 1. The van der Waals surface area contributed by atoms with Gasteiger partial charge in [-0.25, -0.2) is 4.79 Å². The highest BCUT2D eigenvalue weighted by molar-refractivity contribution is 5.80. The predicted molar refractivity (Wildman–Crippen MR) is 110 cm³/mol. The van der Waals surface area contributed by atoms with E-state index in [9.17, 15) is 4.79 Å². The first-order chi connectivity index (χ1) is 12.8. The van der Waals surface area contributed by atoms with E-state index in [0.29, 0.717) is 5.92 Å². The summed E-state index contributed by atoms with van der Waals surface area (Å²) in [4.78, 5) is 18.3. The van der Waals surface area contributed by atoms with Gasteiger partial charge >= 0.3 is 6.09 Å². The van der Waals surface area contributed by atoms with E-state index in [2.05, 4.69) is 34.7 Å². The van der Waals surface area contributed by atoms with Crippen LogP contribution in [0.2, 0.25) is 0 Å². The fraction of sp³-hybridized carbons (Fsp3) is 0.619. The van der Waals surface area contributed by atoms with Gasteiger partial charge in [0.15, 0.2) is 5.96 Å². The van der Waals surface area contributed by atoms with Crippen LogP contribution in [0.3, 0.4) is 0 Å². The Morgan fingerprint density at radius 3 is 2.44 bits per heavy atom. The molecule has 1 aromatic rings. The molecule has 1 atom stereocenters. The number of likely N-dealkylation sites (tertiary alicyclic amines) is 1. The molecule has 1 fully saturated rings. The van der Waals surface area contributed by atoms with Crippen molar-refractivity contribution in [3.8, 4) is 0 Å². The highest BCUT2D eigenvalue weighted by Gasteiger charge is 2.26. The number of carbonyl (C=O) groups excluding carboxylic acids is 1. The number of amides is 1. The lowest BCUT2D eigenvalue weighted by Gasteiger charge is -2.33. The molecule has 1 amide bonds. The van der Waals surface area contributed by atoms with Crippen LogP contribution in [0.5, 0.6) is 0 Å². The fourth-order valence-electron chi connectivity index (χ4n) is 3.11. The van der Waals surface area contributed by atoms with Crippen molar-refractivity contribution in [2.24, 2.45) is 10.9 Å². The average molecular weight is 375 g/mol. The number of nitrogens with zero attached hydrogens (tertiary/aromatic N) is 2. The molecule has 0 aliphatic carbocycles. The third-order valence-electron chi connectivity index (χ3n) is 4.70. The van der Waals surface area contributed by atoms with Crippen LogP contribution < -0.4 is 10.6 Å². The maximum absolute atomic E-state index is 12.1. The summed E-state index contributed by atoms with van der Waals surface area (Å²) in [6.45, 7) is 10.2. The first-order valence-electron chi connectivity index (χ1n) is 9.78. The molecule has 0 bridgehead atoms. The van der Waals surface area contributed by atoms with Gasteiger partial charge in [0.2, 0.25) is 0 Å². The first-order valence-corrected chi connectivity index (χ1v) is 9.78. The van der Waals surface area contributed by atoms with Gasteiger partial charge in [0.1, 0.15) is 5.60 Å². The van der Waals surface area contributed by atoms with Crippen molar-refractivity contribution in [3.05, 3.63) is 35.9 Å². The molecule has 0 radical (unpaired) electrons. The smallest absolute Gasteiger partial charge is 0.410 e. The van der Waals surface area contributed by atoms with Gasteiger partial charge in [0, 0.05) is 26.7 Å². The molecule has 1 aromatic carbocycles. The van der Waals surface area contributed by atoms with Crippen molar-refractivity contribution < 1.29 is 9.53 Å². The van der Waals surface area contributed by atoms with Gasteiger partial charge in [-0.05, 0) is 52.0 Å². The molecule has 1 saturated heterocycles. The summed E-state index contributed by atoms with van der Waals surface area (Å²) in [5.74, 6) is 1.33. The topological polar surface area (TPSA) is 66.0 Å². The third kappa shape index (κ3) is 7.12. The van der Waals surface area contributed by atoms with Gasteiger partial charge in [-0.1, -0.05) is 30.3 Å². The van der Waals surface area contributed by atoms with E-state index < -0.39 is 5.60 Å². The van der Waals surface area contributed by atoms with Crippen LogP contribution in [0.1, 0.15) is 52.1 Å². The van der Waals surface area contributed by atoms with Gasteiger partial charge < -0.3 is 20.3 Å². The standard InChI is InChI=1S/C21H34N4O2/c1-16(18-9-7-6-8-10-18)24-19(22-5)23-15-17-11-13-25(14-12-17)20(26)27-21(2,3)4/h6-10,16-17H,11-15H2,1-5H3,(H2,22,23,24). The van der Waals surface area contributed by atoms with E-state index in [0.717, 1.165) is 38.4 Å². The second kappa shape index (κ2) is 9.62. The quantitative estimate of drug-likeness (QED) is 0.625. The average Bonchev–Trinajstić information content (AvgIpc) is 2.64. The van der Waals surface area contributed by atoms with E-state index in [-0.39, 0.29) is 12.1 Å². The first kappa shape index (κ1) is 21.1. The van der Waals surface area contributed by atoms with Crippen molar-refractivity contribution in [2.75, 3.05) is 26.7 Å². The summed E-state index contributed by atoms with van der Waals surface area (Å²) in [5, 5.41) is 6.86. The monoisotopic (exact) mass is 374 g/mol. The number of carbonyl (C=O) groups is 1. The number of hydrogen-bond acceptors (Lipinski definition) is 3. The van der Waals surface area contributed by atoms with Crippen molar-refractivity contribution >= 4 is 12.1 Å².